The number of rotatable bonds is 13. The number of anilines is 1. The van der Waals surface area contributed by atoms with E-state index < -0.39 is 0 Å². The van der Waals surface area contributed by atoms with E-state index in [1.807, 2.05) is 61.2 Å². The lowest BCUT2D eigenvalue weighted by Gasteiger charge is -2.37. The molecule has 3 aromatic heterocycles. The summed E-state index contributed by atoms with van der Waals surface area (Å²) in [6.07, 6.45) is 8.37. The van der Waals surface area contributed by atoms with Crippen molar-refractivity contribution in [1.29, 1.82) is 0 Å². The molecule has 2 aliphatic heterocycles. The lowest BCUT2D eigenvalue weighted by atomic mass is 9.93. The lowest BCUT2D eigenvalue weighted by molar-refractivity contribution is 0.0556. The topological polar surface area (TPSA) is 101 Å². The van der Waals surface area contributed by atoms with E-state index in [9.17, 15) is 18.4 Å². The van der Waals surface area contributed by atoms with Gasteiger partial charge in [-0.05, 0) is 140 Å². The van der Waals surface area contributed by atoms with Crippen LogP contribution in [0, 0.1) is 25.5 Å². The van der Waals surface area contributed by atoms with Crippen LogP contribution in [-0.4, -0.2) is 75.0 Å². The van der Waals surface area contributed by atoms with Crippen molar-refractivity contribution in [3.63, 3.8) is 0 Å². The molecule has 2 atom stereocenters. The van der Waals surface area contributed by atoms with Gasteiger partial charge in [0.05, 0.1) is 12.1 Å². The molecule has 2 aliphatic rings. The normalized spacial score (nSPS) is 15.8. The maximum absolute atomic E-state index is 14.2. The van der Waals surface area contributed by atoms with Crippen LogP contribution in [0.3, 0.4) is 0 Å². The Morgan fingerprint density at radius 2 is 1.26 bits per heavy atom. The van der Waals surface area contributed by atoms with Crippen molar-refractivity contribution in [3.8, 4) is 11.8 Å². The van der Waals surface area contributed by atoms with Crippen molar-refractivity contribution in [2.24, 2.45) is 0 Å². The molecular formula is C49H48F2N6O4. The standard InChI is InChI=1S/C49H48F2N6O4/c1-4-55(43-12-8-34(9-13-43)48(58)56-28-37-6-10-41(50)21-39(37)23-44(56)30-60-46-14-5-32(2)26-53-46)20-17-36-25-47(54-27-33(36)3)61-31-45-24-40-22-42(51)11-7-38(40)29-57(45)49(59)35-15-18-52-19-16-35/h5-16,18-19,21-22,25-27,44-45H,4,17,20,23-24,28-31H2,1-3H3. The summed E-state index contributed by atoms with van der Waals surface area (Å²) in [5, 5.41) is 0. The number of benzene rings is 3. The van der Waals surface area contributed by atoms with Crippen LogP contribution in [0.4, 0.5) is 14.5 Å². The molecule has 5 heterocycles. The molecule has 12 heteroatoms. The number of nitrogens with zero attached hydrogens (tertiary/aromatic N) is 6. The molecule has 2 amide bonds. The number of halogens is 2. The molecule has 2 unspecified atom stereocenters. The first-order valence-corrected chi connectivity index (χ1v) is 20.7. The maximum atomic E-state index is 14.2. The molecule has 61 heavy (non-hydrogen) atoms. The molecule has 0 fully saturated rings. The van der Waals surface area contributed by atoms with Crippen molar-refractivity contribution in [2.45, 2.75) is 65.2 Å². The summed E-state index contributed by atoms with van der Waals surface area (Å²) in [5.74, 6) is 0.0669. The van der Waals surface area contributed by atoms with Crippen LogP contribution in [0.25, 0.3) is 0 Å². The fourth-order valence-electron chi connectivity index (χ4n) is 8.16. The summed E-state index contributed by atoms with van der Waals surface area (Å²) < 4.78 is 40.8. The van der Waals surface area contributed by atoms with E-state index in [1.54, 1.807) is 66.1 Å². The second-order valence-corrected chi connectivity index (χ2v) is 15.8. The number of fused-ring (bicyclic) bond motifs is 2. The summed E-state index contributed by atoms with van der Waals surface area (Å²) in [6, 6.07) is 25.6. The molecular weight excluding hydrogens is 775 g/mol. The van der Waals surface area contributed by atoms with E-state index in [0.29, 0.717) is 61.8 Å². The molecule has 0 spiro atoms. The summed E-state index contributed by atoms with van der Waals surface area (Å²) in [6.45, 7) is 8.64. The highest BCUT2D eigenvalue weighted by molar-refractivity contribution is 5.95. The number of pyridine rings is 3. The number of carbonyl (C=O) groups excluding carboxylic acids is 2. The molecule has 0 saturated heterocycles. The van der Waals surface area contributed by atoms with Gasteiger partial charge in [0.2, 0.25) is 11.8 Å². The Labute approximate surface area is 354 Å². The van der Waals surface area contributed by atoms with Crippen molar-refractivity contribution in [3.05, 3.63) is 177 Å². The molecule has 10 nitrogen and oxygen atoms in total. The third-order valence-corrected chi connectivity index (χ3v) is 11.7. The Morgan fingerprint density at radius 1 is 0.689 bits per heavy atom. The van der Waals surface area contributed by atoms with Gasteiger partial charge in [0, 0.05) is 79.9 Å². The smallest absolute Gasteiger partial charge is 0.254 e. The van der Waals surface area contributed by atoms with Crippen LogP contribution in [0.15, 0.2) is 116 Å². The van der Waals surface area contributed by atoms with Crippen LogP contribution < -0.4 is 14.4 Å². The third-order valence-electron chi connectivity index (χ3n) is 11.7. The second kappa shape index (κ2) is 18.3. The first kappa shape index (κ1) is 41.1. The van der Waals surface area contributed by atoms with E-state index >= 15 is 0 Å². The van der Waals surface area contributed by atoms with Crippen molar-refractivity contribution in [1.82, 2.24) is 24.8 Å². The van der Waals surface area contributed by atoms with E-state index in [2.05, 4.69) is 26.8 Å². The van der Waals surface area contributed by atoms with Crippen LogP contribution >= 0.6 is 0 Å². The highest BCUT2D eigenvalue weighted by Gasteiger charge is 2.33. The van der Waals surface area contributed by atoms with Gasteiger partial charge in [0.25, 0.3) is 11.8 Å². The van der Waals surface area contributed by atoms with E-state index in [-0.39, 0.29) is 48.7 Å². The minimum atomic E-state index is -0.336. The largest absolute Gasteiger partial charge is 0.475 e. The van der Waals surface area contributed by atoms with Crippen LogP contribution in [0.2, 0.25) is 0 Å². The number of hydrogen-bond acceptors (Lipinski definition) is 8. The summed E-state index contributed by atoms with van der Waals surface area (Å²) in [5.41, 5.74) is 8.77. The Hall–Kier alpha value is -6.69. The number of carbonyl (C=O) groups is 2. The molecule has 0 saturated carbocycles. The molecule has 8 rings (SSSR count). The summed E-state index contributed by atoms with van der Waals surface area (Å²) in [7, 11) is 0. The van der Waals surface area contributed by atoms with Gasteiger partial charge < -0.3 is 24.2 Å². The predicted molar refractivity (Wildman–Crippen MR) is 229 cm³/mol. The van der Waals surface area contributed by atoms with Crippen molar-refractivity contribution < 1.29 is 27.8 Å². The average molecular weight is 823 g/mol. The summed E-state index contributed by atoms with van der Waals surface area (Å²) >= 11 is 0. The zero-order chi connectivity index (χ0) is 42.5. The molecule has 0 bridgehead atoms. The average Bonchev–Trinajstić information content (AvgIpc) is 3.28. The molecule has 0 radical (unpaired) electrons. The summed E-state index contributed by atoms with van der Waals surface area (Å²) in [4.78, 5) is 46.6. The lowest BCUT2D eigenvalue weighted by Crippen LogP contribution is -2.47. The zero-order valence-corrected chi connectivity index (χ0v) is 34.6. The number of aromatic nitrogens is 3. The third kappa shape index (κ3) is 9.54. The number of aryl methyl sites for hydroxylation is 2. The fourth-order valence-corrected chi connectivity index (χ4v) is 8.16. The first-order valence-electron chi connectivity index (χ1n) is 20.7. The molecule has 3 aromatic carbocycles. The minimum Gasteiger partial charge on any atom is -0.475 e. The first-order chi connectivity index (χ1) is 29.6. The van der Waals surface area contributed by atoms with E-state index in [0.717, 1.165) is 51.2 Å². The number of likely N-dealkylation sites (N-methyl/N-ethyl adjacent to an activating group) is 1. The Kier molecular flexibility index (Phi) is 12.3. The Balaban J connectivity index is 0.922. The highest BCUT2D eigenvalue weighted by atomic mass is 19.1. The predicted octanol–water partition coefficient (Wildman–Crippen LogP) is 8.13. The van der Waals surface area contributed by atoms with Gasteiger partial charge in [0.15, 0.2) is 0 Å². The SMILES string of the molecule is CCN(CCc1cc(OCC2Cc3cc(F)ccc3CN2C(=O)c2ccncc2)ncc1C)c1ccc(C(=O)N2Cc3ccc(F)cc3CC2COc2ccc(C)cn2)cc1. The van der Waals surface area contributed by atoms with Gasteiger partial charge in [0.1, 0.15) is 24.8 Å². The van der Waals surface area contributed by atoms with E-state index in [1.165, 1.54) is 12.1 Å². The maximum Gasteiger partial charge on any atom is 0.254 e. The van der Waals surface area contributed by atoms with Gasteiger partial charge in [-0.3, -0.25) is 14.6 Å². The Morgan fingerprint density at radius 3 is 1.84 bits per heavy atom. The van der Waals surface area contributed by atoms with Crippen LogP contribution in [0.1, 0.15) is 66.6 Å². The fraction of sp³-hybridized carbons (Fsp3) is 0.286. The van der Waals surface area contributed by atoms with Gasteiger partial charge in [-0.15, -0.1) is 0 Å². The van der Waals surface area contributed by atoms with Gasteiger partial charge >= 0.3 is 0 Å². The van der Waals surface area contributed by atoms with E-state index in [4.69, 9.17) is 9.47 Å². The molecule has 0 aliphatic carbocycles. The highest BCUT2D eigenvalue weighted by Crippen LogP contribution is 2.29. The molecule has 6 aromatic rings. The number of ether oxygens (including phenoxy) is 2. The van der Waals surface area contributed by atoms with Crippen LogP contribution in [0.5, 0.6) is 11.8 Å². The Bertz CT molecular complexity index is 2500. The number of amides is 2. The zero-order valence-electron chi connectivity index (χ0n) is 34.6. The second-order valence-electron chi connectivity index (χ2n) is 15.8. The van der Waals surface area contributed by atoms with Gasteiger partial charge in [-0.2, -0.15) is 0 Å². The van der Waals surface area contributed by atoms with Crippen molar-refractivity contribution >= 4 is 17.5 Å². The monoisotopic (exact) mass is 822 g/mol. The van der Waals surface area contributed by atoms with Crippen LogP contribution in [-0.2, 0) is 32.4 Å². The quantitative estimate of drug-likeness (QED) is 0.115. The molecule has 0 N–H and O–H groups in total. The number of hydrogen-bond donors (Lipinski definition) is 0. The van der Waals surface area contributed by atoms with Gasteiger partial charge in [-0.25, -0.2) is 18.7 Å². The molecule has 312 valence electrons. The van der Waals surface area contributed by atoms with Gasteiger partial charge in [-0.1, -0.05) is 18.2 Å². The van der Waals surface area contributed by atoms with Crippen molar-refractivity contribution in [2.75, 3.05) is 31.2 Å². The minimum absolute atomic E-state index is 0.121.